The summed E-state index contributed by atoms with van der Waals surface area (Å²) in [7, 11) is 0. The minimum absolute atomic E-state index is 0.0375. The van der Waals surface area contributed by atoms with Crippen LogP contribution in [0.3, 0.4) is 0 Å². The van der Waals surface area contributed by atoms with Crippen LogP contribution in [0.4, 0.5) is 0 Å². The van der Waals surface area contributed by atoms with Crippen LogP contribution < -0.4 is 0 Å². The van der Waals surface area contributed by atoms with Crippen molar-refractivity contribution in [3.63, 3.8) is 0 Å². The van der Waals surface area contributed by atoms with Gasteiger partial charge in [0.05, 0.1) is 5.92 Å². The van der Waals surface area contributed by atoms with E-state index in [-0.39, 0.29) is 16.8 Å². The third kappa shape index (κ3) is 2.29. The second-order valence-corrected chi connectivity index (χ2v) is 5.71. The number of nitro groups is 1. The van der Waals surface area contributed by atoms with E-state index >= 15 is 0 Å². The lowest BCUT2D eigenvalue weighted by molar-refractivity contribution is -0.538. The Balaban J connectivity index is 1.96. The normalized spacial score (nSPS) is 33.7. The first-order chi connectivity index (χ1) is 9.27. The Morgan fingerprint density at radius 1 is 1.05 bits per heavy atom. The first kappa shape index (κ1) is 12.4. The number of fused-ring (bicyclic) bond motifs is 1. The van der Waals surface area contributed by atoms with E-state index in [2.05, 4.69) is 12.2 Å². The number of hydrogen-bond acceptors (Lipinski definition) is 2. The highest BCUT2D eigenvalue weighted by Crippen LogP contribution is 2.43. The summed E-state index contributed by atoms with van der Waals surface area (Å²) in [5.74, 6) is 0.582. The second kappa shape index (κ2) is 5.16. The number of nitrogens with zero attached hydrogens (tertiary/aromatic N) is 1. The summed E-state index contributed by atoms with van der Waals surface area (Å²) in [6.07, 6.45) is 8.79. The van der Waals surface area contributed by atoms with Crippen molar-refractivity contribution in [2.75, 3.05) is 0 Å². The molecule has 0 saturated heterocycles. The first-order valence-corrected chi connectivity index (χ1v) is 7.14. The van der Waals surface area contributed by atoms with Gasteiger partial charge in [0.1, 0.15) is 0 Å². The highest BCUT2D eigenvalue weighted by molar-refractivity contribution is 5.28. The van der Waals surface area contributed by atoms with E-state index in [9.17, 15) is 10.1 Å². The molecule has 1 fully saturated rings. The van der Waals surface area contributed by atoms with Crippen LogP contribution in [0.15, 0.2) is 42.5 Å². The van der Waals surface area contributed by atoms with Crippen molar-refractivity contribution in [3.8, 4) is 0 Å². The van der Waals surface area contributed by atoms with E-state index in [0.29, 0.717) is 5.92 Å². The van der Waals surface area contributed by atoms with Crippen LogP contribution in [0.25, 0.3) is 0 Å². The largest absolute Gasteiger partial charge is 0.264 e. The summed E-state index contributed by atoms with van der Waals surface area (Å²) in [4.78, 5) is 11.5. The fourth-order valence-electron chi connectivity index (χ4n) is 3.76. The van der Waals surface area contributed by atoms with Gasteiger partial charge in [-0.3, -0.25) is 10.1 Å². The molecule has 0 amide bonds. The fourth-order valence-corrected chi connectivity index (χ4v) is 3.76. The Hall–Kier alpha value is -1.64. The molecule has 0 unspecified atom stereocenters. The zero-order chi connectivity index (χ0) is 13.2. The molecule has 0 N–H and O–H groups in total. The lowest BCUT2D eigenvalue weighted by Crippen LogP contribution is -2.42. The zero-order valence-corrected chi connectivity index (χ0v) is 10.9. The number of rotatable bonds is 2. The van der Waals surface area contributed by atoms with Crippen molar-refractivity contribution in [1.29, 1.82) is 0 Å². The molecule has 0 aromatic heterocycles. The fraction of sp³-hybridized carbons (Fsp3) is 0.500. The predicted molar refractivity (Wildman–Crippen MR) is 74.6 cm³/mol. The molecule has 3 rings (SSSR count). The standard InChI is InChI=1S/C16H19NO2/c18-17(19)16-14-9-5-4-8-13(14)10-11-15(16)12-6-2-1-3-7-12/h1-3,6-7,10-11,13-16H,4-5,8-9H2/t13-,14-,15-,16+/m0/s1. The van der Waals surface area contributed by atoms with Crippen LogP contribution in [0.2, 0.25) is 0 Å². The van der Waals surface area contributed by atoms with Gasteiger partial charge in [0.2, 0.25) is 6.04 Å². The van der Waals surface area contributed by atoms with Crippen LogP contribution in [0.1, 0.15) is 37.2 Å². The van der Waals surface area contributed by atoms with Crippen LogP contribution in [0.5, 0.6) is 0 Å². The third-order valence-electron chi connectivity index (χ3n) is 4.68. The smallest absolute Gasteiger partial charge is 0.226 e. The van der Waals surface area contributed by atoms with E-state index < -0.39 is 6.04 Å². The van der Waals surface area contributed by atoms with Crippen molar-refractivity contribution in [1.82, 2.24) is 0 Å². The average Bonchev–Trinajstić information content (AvgIpc) is 2.46. The van der Waals surface area contributed by atoms with E-state index in [1.54, 1.807) is 0 Å². The molecule has 0 bridgehead atoms. The topological polar surface area (TPSA) is 43.1 Å². The Labute approximate surface area is 113 Å². The van der Waals surface area contributed by atoms with Crippen LogP contribution in [-0.2, 0) is 0 Å². The van der Waals surface area contributed by atoms with Gasteiger partial charge in [0.25, 0.3) is 0 Å². The van der Waals surface area contributed by atoms with Crippen molar-refractivity contribution in [2.45, 2.75) is 37.6 Å². The van der Waals surface area contributed by atoms with Crippen molar-refractivity contribution in [3.05, 3.63) is 58.2 Å². The molecule has 3 heteroatoms. The minimum Gasteiger partial charge on any atom is -0.264 e. The van der Waals surface area contributed by atoms with Gasteiger partial charge in [0.15, 0.2) is 0 Å². The maximum atomic E-state index is 11.6. The molecule has 0 spiro atoms. The molecule has 0 heterocycles. The van der Waals surface area contributed by atoms with Crippen LogP contribution >= 0.6 is 0 Å². The minimum atomic E-state index is -0.447. The van der Waals surface area contributed by atoms with Crippen LogP contribution in [-0.4, -0.2) is 11.0 Å². The van der Waals surface area contributed by atoms with E-state index in [0.717, 1.165) is 24.8 Å². The highest BCUT2D eigenvalue weighted by atomic mass is 16.6. The third-order valence-corrected chi connectivity index (χ3v) is 4.68. The second-order valence-electron chi connectivity index (χ2n) is 5.71. The molecular formula is C16H19NO2. The van der Waals surface area contributed by atoms with Crippen molar-refractivity contribution in [2.24, 2.45) is 11.8 Å². The summed E-state index contributed by atoms with van der Waals surface area (Å²) in [5.41, 5.74) is 1.07. The number of benzene rings is 1. The summed E-state index contributed by atoms with van der Waals surface area (Å²) in [5, 5.41) is 11.6. The molecule has 19 heavy (non-hydrogen) atoms. The molecule has 1 aromatic rings. The van der Waals surface area contributed by atoms with E-state index in [4.69, 9.17) is 0 Å². The van der Waals surface area contributed by atoms with Gasteiger partial charge in [-0.05, 0) is 24.3 Å². The Morgan fingerprint density at radius 3 is 2.53 bits per heavy atom. The van der Waals surface area contributed by atoms with Gasteiger partial charge < -0.3 is 0 Å². The van der Waals surface area contributed by atoms with Crippen molar-refractivity contribution < 1.29 is 4.92 Å². The summed E-state index contributed by atoms with van der Waals surface area (Å²) in [6.45, 7) is 0. The lowest BCUT2D eigenvalue weighted by atomic mass is 9.67. The summed E-state index contributed by atoms with van der Waals surface area (Å²) < 4.78 is 0. The number of hydrogen-bond donors (Lipinski definition) is 0. The summed E-state index contributed by atoms with van der Waals surface area (Å²) >= 11 is 0. The molecule has 100 valence electrons. The first-order valence-electron chi connectivity index (χ1n) is 7.14. The van der Waals surface area contributed by atoms with Gasteiger partial charge in [0, 0.05) is 10.8 Å². The SMILES string of the molecule is O=[N+]([O-])[C@@H]1[C@H]2CCCC[C@H]2C=C[C@H]1c1ccccc1. The van der Waals surface area contributed by atoms with Gasteiger partial charge in [-0.1, -0.05) is 55.3 Å². The maximum absolute atomic E-state index is 11.6. The monoisotopic (exact) mass is 257 g/mol. The van der Waals surface area contributed by atoms with Gasteiger partial charge in [-0.15, -0.1) is 0 Å². The van der Waals surface area contributed by atoms with Gasteiger partial charge >= 0.3 is 0 Å². The van der Waals surface area contributed by atoms with Crippen molar-refractivity contribution >= 4 is 0 Å². The molecular weight excluding hydrogens is 238 g/mol. The molecule has 1 saturated carbocycles. The molecule has 0 aliphatic heterocycles. The molecule has 3 nitrogen and oxygen atoms in total. The van der Waals surface area contributed by atoms with Gasteiger partial charge in [-0.2, -0.15) is 0 Å². The molecule has 2 aliphatic rings. The molecule has 4 atom stereocenters. The predicted octanol–water partition coefficient (Wildman–Crippen LogP) is 3.79. The summed E-state index contributed by atoms with van der Waals surface area (Å²) in [6, 6.07) is 9.46. The Morgan fingerprint density at radius 2 is 1.79 bits per heavy atom. The van der Waals surface area contributed by atoms with E-state index in [1.807, 2.05) is 30.3 Å². The highest BCUT2D eigenvalue weighted by Gasteiger charge is 2.45. The quantitative estimate of drug-likeness (QED) is 0.459. The zero-order valence-electron chi connectivity index (χ0n) is 10.9. The Bertz CT molecular complexity index is 483. The average molecular weight is 257 g/mol. The molecule has 0 radical (unpaired) electrons. The van der Waals surface area contributed by atoms with E-state index in [1.165, 1.54) is 6.42 Å². The lowest BCUT2D eigenvalue weighted by Gasteiger charge is -2.37. The number of allylic oxidation sites excluding steroid dienone is 1. The molecule has 2 aliphatic carbocycles. The van der Waals surface area contributed by atoms with Crippen LogP contribution in [0, 0.1) is 22.0 Å². The Kier molecular flexibility index (Phi) is 3.36. The maximum Gasteiger partial charge on any atom is 0.226 e. The molecule has 1 aromatic carbocycles. The van der Waals surface area contributed by atoms with Gasteiger partial charge in [-0.25, -0.2) is 0 Å².